The lowest BCUT2D eigenvalue weighted by Gasteiger charge is -2.12. The molecule has 0 aliphatic carbocycles. The van der Waals surface area contributed by atoms with Crippen LogP contribution in [0.1, 0.15) is 5.56 Å². The number of nitrogens with zero attached hydrogens (tertiary/aromatic N) is 1. The number of aromatic nitrogens is 1. The van der Waals surface area contributed by atoms with Crippen LogP contribution in [0, 0.1) is 17.5 Å². The van der Waals surface area contributed by atoms with Crippen molar-refractivity contribution in [3.8, 4) is 11.1 Å². The van der Waals surface area contributed by atoms with Crippen LogP contribution in [0.25, 0.3) is 27.6 Å². The van der Waals surface area contributed by atoms with E-state index in [0.717, 1.165) is 28.6 Å². The lowest BCUT2D eigenvalue weighted by atomic mass is 9.97. The third-order valence-electron chi connectivity index (χ3n) is 5.38. The molecule has 1 heterocycles. The van der Waals surface area contributed by atoms with Gasteiger partial charge in [-0.05, 0) is 76.9 Å². The number of nitrogens with two attached hydrogens (primary N) is 1. The monoisotopic (exact) mass is 507 g/mol. The standard InChI is InChI=1S/C27H20F3N3O2S/c1-2-22(33-36(34,35)27-10-8-21(29)15-25(27)30)13-19(16-31)18-5-9-26-24(14-18)23(11-12-32-26)17-3-6-20(28)7-4-17/h2-16,33H,1,31H2/b19-16+,22-13+. The van der Waals surface area contributed by atoms with E-state index in [4.69, 9.17) is 5.73 Å². The van der Waals surface area contributed by atoms with E-state index in [0.29, 0.717) is 22.7 Å². The van der Waals surface area contributed by atoms with Crippen LogP contribution < -0.4 is 10.5 Å². The number of pyridine rings is 1. The molecular weight excluding hydrogens is 487 g/mol. The molecule has 4 rings (SSSR count). The molecule has 4 aromatic rings. The van der Waals surface area contributed by atoms with E-state index in [9.17, 15) is 21.6 Å². The molecule has 36 heavy (non-hydrogen) atoms. The molecular formula is C27H20F3N3O2S. The fourth-order valence-electron chi connectivity index (χ4n) is 3.64. The van der Waals surface area contributed by atoms with Crippen molar-refractivity contribution in [1.29, 1.82) is 0 Å². The first-order valence-electron chi connectivity index (χ1n) is 10.6. The first-order valence-corrected chi connectivity index (χ1v) is 12.1. The number of allylic oxidation sites excluding steroid dienone is 3. The fraction of sp³-hybridized carbons (Fsp3) is 0. The van der Waals surface area contributed by atoms with Crippen LogP contribution in [0.3, 0.4) is 0 Å². The second-order valence-corrected chi connectivity index (χ2v) is 9.35. The molecule has 0 spiro atoms. The van der Waals surface area contributed by atoms with E-state index in [1.54, 1.807) is 30.5 Å². The largest absolute Gasteiger partial charge is 0.404 e. The van der Waals surface area contributed by atoms with Crippen LogP contribution in [0.4, 0.5) is 13.2 Å². The first kappa shape index (κ1) is 24.7. The molecule has 0 radical (unpaired) electrons. The normalized spacial score (nSPS) is 12.5. The number of hydrogen-bond acceptors (Lipinski definition) is 4. The molecule has 0 saturated carbocycles. The zero-order chi connectivity index (χ0) is 25.9. The molecule has 0 amide bonds. The summed E-state index contributed by atoms with van der Waals surface area (Å²) >= 11 is 0. The number of hydrogen-bond donors (Lipinski definition) is 2. The Morgan fingerprint density at radius 3 is 2.33 bits per heavy atom. The van der Waals surface area contributed by atoms with Crippen LogP contribution in [0.2, 0.25) is 0 Å². The topological polar surface area (TPSA) is 85.1 Å². The second-order valence-electron chi connectivity index (χ2n) is 7.70. The number of rotatable bonds is 7. The zero-order valence-electron chi connectivity index (χ0n) is 18.8. The van der Waals surface area contributed by atoms with Crippen molar-refractivity contribution >= 4 is 26.5 Å². The smallest absolute Gasteiger partial charge is 0.264 e. The van der Waals surface area contributed by atoms with Gasteiger partial charge in [0.1, 0.15) is 22.3 Å². The Morgan fingerprint density at radius 1 is 0.944 bits per heavy atom. The van der Waals surface area contributed by atoms with E-state index in [-0.39, 0.29) is 11.5 Å². The SMILES string of the molecule is C=C/C(=C\C(=C/N)c1ccc2nccc(-c3ccc(F)cc3)c2c1)NS(=O)(=O)c1ccc(F)cc1F. The van der Waals surface area contributed by atoms with E-state index in [1.165, 1.54) is 30.5 Å². The Labute approximate surface area is 206 Å². The van der Waals surface area contributed by atoms with Crippen LogP contribution in [-0.4, -0.2) is 13.4 Å². The quantitative estimate of drug-likeness (QED) is 0.316. The molecule has 9 heteroatoms. The lowest BCUT2D eigenvalue weighted by molar-refractivity contribution is 0.546. The molecule has 5 nitrogen and oxygen atoms in total. The number of sulfonamides is 1. The Balaban J connectivity index is 1.73. The summed E-state index contributed by atoms with van der Waals surface area (Å²) in [6.45, 7) is 3.61. The summed E-state index contributed by atoms with van der Waals surface area (Å²) < 4.78 is 68.3. The summed E-state index contributed by atoms with van der Waals surface area (Å²) in [5.74, 6) is -2.47. The molecule has 0 fully saturated rings. The Hall–Kier alpha value is -4.37. The average molecular weight is 508 g/mol. The molecule has 1 aromatic heterocycles. The van der Waals surface area contributed by atoms with Crippen molar-refractivity contribution in [3.63, 3.8) is 0 Å². The summed E-state index contributed by atoms with van der Waals surface area (Å²) in [7, 11) is -4.38. The van der Waals surface area contributed by atoms with Crippen LogP contribution in [0.5, 0.6) is 0 Å². The Kier molecular flexibility index (Phi) is 6.93. The maximum absolute atomic E-state index is 14.1. The van der Waals surface area contributed by atoms with Gasteiger partial charge < -0.3 is 5.73 Å². The third kappa shape index (κ3) is 5.16. The average Bonchev–Trinajstić information content (AvgIpc) is 2.86. The summed E-state index contributed by atoms with van der Waals surface area (Å²) in [6, 6.07) is 15.4. The molecule has 0 saturated heterocycles. The van der Waals surface area contributed by atoms with Gasteiger partial charge in [0.2, 0.25) is 0 Å². The minimum atomic E-state index is -4.38. The molecule has 0 bridgehead atoms. The Bertz CT molecular complexity index is 1630. The van der Waals surface area contributed by atoms with Crippen molar-refractivity contribution in [1.82, 2.24) is 9.71 Å². The zero-order valence-corrected chi connectivity index (χ0v) is 19.6. The van der Waals surface area contributed by atoms with Gasteiger partial charge in [-0.3, -0.25) is 9.71 Å². The second kappa shape index (κ2) is 10.1. The van der Waals surface area contributed by atoms with Gasteiger partial charge in [0.25, 0.3) is 10.0 Å². The van der Waals surface area contributed by atoms with Crippen molar-refractivity contribution in [2.24, 2.45) is 5.73 Å². The maximum Gasteiger partial charge on any atom is 0.264 e. The Morgan fingerprint density at radius 2 is 1.67 bits per heavy atom. The van der Waals surface area contributed by atoms with Gasteiger partial charge in [-0.15, -0.1) is 0 Å². The van der Waals surface area contributed by atoms with Gasteiger partial charge in [0.15, 0.2) is 0 Å². The fourth-order valence-corrected chi connectivity index (χ4v) is 4.76. The molecule has 0 atom stereocenters. The van der Waals surface area contributed by atoms with Crippen molar-refractivity contribution < 1.29 is 21.6 Å². The summed E-state index contributed by atoms with van der Waals surface area (Å²) in [4.78, 5) is 3.66. The summed E-state index contributed by atoms with van der Waals surface area (Å²) in [5, 5.41) is 0.767. The van der Waals surface area contributed by atoms with Gasteiger partial charge in [-0.25, -0.2) is 21.6 Å². The highest BCUT2D eigenvalue weighted by Gasteiger charge is 2.20. The van der Waals surface area contributed by atoms with Crippen LogP contribution >= 0.6 is 0 Å². The van der Waals surface area contributed by atoms with Gasteiger partial charge in [-0.2, -0.15) is 0 Å². The van der Waals surface area contributed by atoms with Crippen molar-refractivity contribution in [2.75, 3.05) is 0 Å². The van der Waals surface area contributed by atoms with Crippen molar-refractivity contribution in [3.05, 3.63) is 127 Å². The van der Waals surface area contributed by atoms with Gasteiger partial charge in [0.05, 0.1) is 5.52 Å². The predicted octanol–water partition coefficient (Wildman–Crippen LogP) is 5.67. The number of benzene rings is 3. The van der Waals surface area contributed by atoms with Crippen molar-refractivity contribution in [2.45, 2.75) is 4.90 Å². The van der Waals surface area contributed by atoms with E-state index in [1.807, 2.05) is 12.1 Å². The van der Waals surface area contributed by atoms with Crippen LogP contribution in [0.15, 0.2) is 108 Å². The first-order chi connectivity index (χ1) is 17.2. The lowest BCUT2D eigenvalue weighted by Crippen LogP contribution is -2.23. The molecule has 0 aliphatic rings. The van der Waals surface area contributed by atoms with Gasteiger partial charge >= 0.3 is 0 Å². The van der Waals surface area contributed by atoms with Gasteiger partial charge in [-0.1, -0.05) is 24.8 Å². The van der Waals surface area contributed by atoms with Crippen LogP contribution in [-0.2, 0) is 10.0 Å². The summed E-state index contributed by atoms with van der Waals surface area (Å²) in [5.41, 5.74) is 9.23. The predicted molar refractivity (Wildman–Crippen MR) is 134 cm³/mol. The molecule has 0 unspecified atom stereocenters. The highest BCUT2D eigenvalue weighted by molar-refractivity contribution is 7.89. The molecule has 182 valence electrons. The summed E-state index contributed by atoms with van der Waals surface area (Å²) in [6.07, 6.45) is 5.60. The van der Waals surface area contributed by atoms with E-state index < -0.39 is 26.6 Å². The van der Waals surface area contributed by atoms with E-state index >= 15 is 0 Å². The minimum absolute atomic E-state index is 0.0143. The number of halogens is 3. The van der Waals surface area contributed by atoms with E-state index in [2.05, 4.69) is 16.3 Å². The minimum Gasteiger partial charge on any atom is -0.404 e. The number of nitrogens with one attached hydrogen (secondary N) is 1. The maximum atomic E-state index is 14.1. The number of fused-ring (bicyclic) bond motifs is 1. The molecule has 0 aliphatic heterocycles. The molecule has 3 N–H and O–H groups in total. The third-order valence-corrected chi connectivity index (χ3v) is 6.79. The highest BCUT2D eigenvalue weighted by Crippen LogP contribution is 2.30. The highest BCUT2D eigenvalue weighted by atomic mass is 32.2. The van der Waals surface area contributed by atoms with Gasteiger partial charge in [0, 0.05) is 29.5 Å². The molecule has 3 aromatic carbocycles.